The van der Waals surface area contributed by atoms with Gasteiger partial charge in [-0.25, -0.2) is 4.79 Å². The Hall–Kier alpha value is -1.75. The zero-order chi connectivity index (χ0) is 11.5. The normalized spacial score (nSPS) is 19.9. The van der Waals surface area contributed by atoms with Crippen molar-refractivity contribution < 1.29 is 14.6 Å². The quantitative estimate of drug-likeness (QED) is 0.773. The van der Waals surface area contributed by atoms with Crippen molar-refractivity contribution in [3.8, 4) is 0 Å². The Kier molecular flexibility index (Phi) is 2.96. The summed E-state index contributed by atoms with van der Waals surface area (Å²) in [7, 11) is 0. The van der Waals surface area contributed by atoms with E-state index in [1.54, 1.807) is 6.08 Å². The molecule has 1 aromatic heterocycles. The summed E-state index contributed by atoms with van der Waals surface area (Å²) in [5.41, 5.74) is 0.780. The Bertz CT molecular complexity index is 400. The summed E-state index contributed by atoms with van der Waals surface area (Å²) >= 11 is 0. The highest BCUT2D eigenvalue weighted by Crippen LogP contribution is 2.21. The zero-order valence-electron chi connectivity index (χ0n) is 8.87. The molecule has 2 rings (SSSR count). The highest BCUT2D eigenvalue weighted by molar-refractivity contribution is 5.89. The van der Waals surface area contributed by atoms with Gasteiger partial charge in [-0.05, 0) is 6.07 Å². The van der Waals surface area contributed by atoms with Crippen LogP contribution in [0.1, 0.15) is 0 Å². The van der Waals surface area contributed by atoms with Crippen molar-refractivity contribution >= 4 is 11.8 Å². The maximum absolute atomic E-state index is 11.5. The van der Waals surface area contributed by atoms with Crippen LogP contribution in [0.15, 0.2) is 31.1 Å². The van der Waals surface area contributed by atoms with Crippen LogP contribution in [0.25, 0.3) is 0 Å². The summed E-state index contributed by atoms with van der Waals surface area (Å²) in [6, 6.07) is 1.84. The number of carbonyl (C=O) groups excluding carboxylic acids is 1. The van der Waals surface area contributed by atoms with E-state index in [-0.39, 0.29) is 6.61 Å². The van der Waals surface area contributed by atoms with Crippen molar-refractivity contribution in [2.75, 3.05) is 18.1 Å². The topological polar surface area (TPSA) is 54.7 Å². The summed E-state index contributed by atoms with van der Waals surface area (Å²) in [5, 5.41) is 8.92. The molecule has 1 fully saturated rings. The highest BCUT2D eigenvalue weighted by Gasteiger charge is 2.32. The molecule has 5 nitrogen and oxygen atoms in total. The monoisotopic (exact) mass is 222 g/mol. The molecule has 0 radical (unpaired) electrons. The predicted molar refractivity (Wildman–Crippen MR) is 59.3 cm³/mol. The van der Waals surface area contributed by atoms with Crippen LogP contribution in [-0.2, 0) is 11.3 Å². The fourth-order valence-electron chi connectivity index (χ4n) is 1.68. The van der Waals surface area contributed by atoms with E-state index in [2.05, 4.69) is 6.58 Å². The van der Waals surface area contributed by atoms with E-state index in [4.69, 9.17) is 9.84 Å². The standard InChI is InChI=1S/C11H14N2O3/c1-2-4-12-5-3-9(6-12)13-7-10(8-14)16-11(13)15/h2-3,5-6,10,14H,1,4,7-8H2/t10-/m1/s1. The number of carbonyl (C=O) groups is 1. The van der Waals surface area contributed by atoms with Gasteiger partial charge in [-0.3, -0.25) is 4.90 Å². The lowest BCUT2D eigenvalue weighted by Crippen LogP contribution is -2.24. The molecule has 86 valence electrons. The van der Waals surface area contributed by atoms with E-state index in [0.717, 1.165) is 5.69 Å². The maximum atomic E-state index is 11.5. The average Bonchev–Trinajstić information content (AvgIpc) is 2.85. The number of nitrogens with zero attached hydrogens (tertiary/aromatic N) is 2. The predicted octanol–water partition coefficient (Wildman–Crippen LogP) is 0.992. The molecule has 1 saturated heterocycles. The van der Waals surface area contributed by atoms with Crippen LogP contribution in [0, 0.1) is 0 Å². The Morgan fingerprint density at radius 1 is 1.69 bits per heavy atom. The van der Waals surface area contributed by atoms with Crippen molar-refractivity contribution in [3.63, 3.8) is 0 Å². The molecular formula is C11H14N2O3. The third kappa shape index (κ3) is 1.94. The number of anilines is 1. The Labute approximate surface area is 93.5 Å². The lowest BCUT2D eigenvalue weighted by molar-refractivity contribution is 0.0963. The van der Waals surface area contributed by atoms with Crippen LogP contribution in [0.4, 0.5) is 10.5 Å². The Morgan fingerprint density at radius 2 is 2.50 bits per heavy atom. The second-order valence-electron chi connectivity index (χ2n) is 3.65. The number of aromatic nitrogens is 1. The van der Waals surface area contributed by atoms with Gasteiger partial charge in [0.25, 0.3) is 0 Å². The van der Waals surface area contributed by atoms with Crippen molar-refractivity contribution in [2.45, 2.75) is 12.6 Å². The van der Waals surface area contributed by atoms with Gasteiger partial charge < -0.3 is 14.4 Å². The Balaban J connectivity index is 2.11. The van der Waals surface area contributed by atoms with E-state index in [1.165, 1.54) is 4.90 Å². The average molecular weight is 222 g/mol. The molecule has 0 bridgehead atoms. The molecule has 1 atom stereocenters. The van der Waals surface area contributed by atoms with Crippen molar-refractivity contribution in [2.24, 2.45) is 0 Å². The number of aliphatic hydroxyl groups is 1. The molecule has 0 aliphatic carbocycles. The van der Waals surface area contributed by atoms with E-state index >= 15 is 0 Å². The molecule has 1 aliphatic rings. The molecule has 1 aromatic rings. The zero-order valence-corrected chi connectivity index (χ0v) is 8.87. The van der Waals surface area contributed by atoms with Crippen molar-refractivity contribution in [3.05, 3.63) is 31.1 Å². The van der Waals surface area contributed by atoms with Crippen LogP contribution >= 0.6 is 0 Å². The van der Waals surface area contributed by atoms with Crippen LogP contribution in [0.5, 0.6) is 0 Å². The van der Waals surface area contributed by atoms with E-state index in [1.807, 2.05) is 23.0 Å². The van der Waals surface area contributed by atoms with Gasteiger partial charge in [0.1, 0.15) is 6.10 Å². The lowest BCUT2D eigenvalue weighted by atomic mass is 10.3. The van der Waals surface area contributed by atoms with Crippen LogP contribution < -0.4 is 4.90 Å². The number of hydrogen-bond donors (Lipinski definition) is 1. The number of hydrogen-bond acceptors (Lipinski definition) is 3. The summed E-state index contributed by atoms with van der Waals surface area (Å²) < 4.78 is 6.87. The van der Waals surface area contributed by atoms with Gasteiger partial charge >= 0.3 is 6.09 Å². The molecule has 5 heteroatoms. The van der Waals surface area contributed by atoms with Crippen molar-refractivity contribution in [1.82, 2.24) is 4.57 Å². The summed E-state index contributed by atoms with van der Waals surface area (Å²) in [6.45, 7) is 4.60. The van der Waals surface area contributed by atoms with Gasteiger partial charge in [0, 0.05) is 18.9 Å². The van der Waals surface area contributed by atoms with Crippen LogP contribution in [0.2, 0.25) is 0 Å². The SMILES string of the molecule is C=CCn1ccc(N2C[C@H](CO)OC2=O)c1. The molecule has 1 aliphatic heterocycles. The Morgan fingerprint density at radius 3 is 3.12 bits per heavy atom. The van der Waals surface area contributed by atoms with Gasteiger partial charge in [-0.1, -0.05) is 6.08 Å². The number of ether oxygens (including phenoxy) is 1. The number of aliphatic hydroxyl groups excluding tert-OH is 1. The number of rotatable bonds is 4. The molecule has 0 aromatic carbocycles. The molecule has 0 unspecified atom stereocenters. The largest absolute Gasteiger partial charge is 0.441 e. The van der Waals surface area contributed by atoms with Crippen molar-refractivity contribution in [1.29, 1.82) is 0 Å². The minimum Gasteiger partial charge on any atom is -0.441 e. The number of cyclic esters (lactones) is 1. The van der Waals surface area contributed by atoms with Gasteiger partial charge in [-0.15, -0.1) is 6.58 Å². The second-order valence-corrected chi connectivity index (χ2v) is 3.65. The molecule has 16 heavy (non-hydrogen) atoms. The van der Waals surface area contributed by atoms with Crippen LogP contribution in [-0.4, -0.2) is 35.0 Å². The van der Waals surface area contributed by atoms with Gasteiger partial charge in [-0.2, -0.15) is 0 Å². The molecule has 0 spiro atoms. The first-order chi connectivity index (χ1) is 7.74. The van der Waals surface area contributed by atoms with Gasteiger partial charge in [0.05, 0.1) is 18.8 Å². The summed E-state index contributed by atoms with van der Waals surface area (Å²) in [5.74, 6) is 0. The molecule has 1 amide bonds. The van der Waals surface area contributed by atoms with E-state index < -0.39 is 12.2 Å². The molecule has 0 saturated carbocycles. The van der Waals surface area contributed by atoms with E-state index in [9.17, 15) is 4.79 Å². The van der Waals surface area contributed by atoms with Gasteiger partial charge in [0.15, 0.2) is 0 Å². The first-order valence-corrected chi connectivity index (χ1v) is 5.10. The first-order valence-electron chi connectivity index (χ1n) is 5.10. The van der Waals surface area contributed by atoms with Gasteiger partial charge in [0.2, 0.25) is 0 Å². The fourth-order valence-corrected chi connectivity index (χ4v) is 1.68. The molecule has 1 N–H and O–H groups in total. The van der Waals surface area contributed by atoms with E-state index in [0.29, 0.717) is 13.1 Å². The third-order valence-corrected chi connectivity index (χ3v) is 2.46. The summed E-state index contributed by atoms with van der Waals surface area (Å²) in [4.78, 5) is 13.0. The number of allylic oxidation sites excluding steroid dienone is 1. The lowest BCUT2D eigenvalue weighted by Gasteiger charge is -2.09. The summed E-state index contributed by atoms with van der Waals surface area (Å²) in [6.07, 6.45) is 4.67. The molecule has 2 heterocycles. The number of amides is 1. The first kappa shape index (κ1) is 10.8. The highest BCUT2D eigenvalue weighted by atomic mass is 16.6. The fraction of sp³-hybridized carbons (Fsp3) is 0.364. The molecular weight excluding hydrogens is 208 g/mol. The minimum absolute atomic E-state index is 0.143. The smallest absolute Gasteiger partial charge is 0.414 e. The van der Waals surface area contributed by atoms with Crippen LogP contribution in [0.3, 0.4) is 0 Å². The third-order valence-electron chi connectivity index (χ3n) is 2.46. The second kappa shape index (κ2) is 4.40. The maximum Gasteiger partial charge on any atom is 0.414 e. The minimum atomic E-state index is -0.421.